The maximum absolute atomic E-state index is 12.2. The first-order chi connectivity index (χ1) is 12.2. The van der Waals surface area contributed by atoms with Gasteiger partial charge in [0.25, 0.3) is 0 Å². The van der Waals surface area contributed by atoms with Crippen LogP contribution in [0.1, 0.15) is 18.4 Å². The van der Waals surface area contributed by atoms with Crippen molar-refractivity contribution in [2.45, 2.75) is 25.4 Å². The van der Waals surface area contributed by atoms with Crippen molar-refractivity contribution >= 4 is 28.5 Å². The Bertz CT molecular complexity index is 947. The summed E-state index contributed by atoms with van der Waals surface area (Å²) in [7, 11) is 0. The molecule has 1 aliphatic heterocycles. The summed E-state index contributed by atoms with van der Waals surface area (Å²) >= 11 is 0. The van der Waals surface area contributed by atoms with Crippen LogP contribution in [-0.4, -0.2) is 27.4 Å². The van der Waals surface area contributed by atoms with Crippen LogP contribution in [0.4, 0.5) is 5.69 Å². The second kappa shape index (κ2) is 6.39. The lowest BCUT2D eigenvalue weighted by molar-refractivity contribution is -0.122. The van der Waals surface area contributed by atoms with E-state index >= 15 is 0 Å². The van der Waals surface area contributed by atoms with Gasteiger partial charge in [0.1, 0.15) is 6.04 Å². The number of rotatable bonds is 4. The summed E-state index contributed by atoms with van der Waals surface area (Å²) in [5.74, 6) is -0.239. The summed E-state index contributed by atoms with van der Waals surface area (Å²) in [5, 5.41) is 5.56. The minimum Gasteiger partial charge on any atom is -0.344 e. The largest absolute Gasteiger partial charge is 0.344 e. The lowest BCUT2D eigenvalue weighted by Crippen LogP contribution is -2.37. The van der Waals surface area contributed by atoms with E-state index in [0.717, 1.165) is 22.3 Å². The maximum Gasteiger partial charge on any atom is 0.246 e. The average molecular weight is 334 g/mol. The van der Waals surface area contributed by atoms with Gasteiger partial charge in [-0.05, 0) is 36.2 Å². The number of hydrogen-bond donors (Lipinski definition) is 2. The number of hydrogen-bond acceptors (Lipinski definition) is 3. The highest BCUT2D eigenvalue weighted by molar-refractivity contribution is 5.99. The van der Waals surface area contributed by atoms with Crippen LogP contribution in [0.25, 0.3) is 11.0 Å². The number of nitrogens with zero attached hydrogens (tertiary/aromatic N) is 2. The predicted octanol–water partition coefficient (Wildman–Crippen LogP) is 2.30. The zero-order valence-corrected chi connectivity index (χ0v) is 13.6. The number of fused-ring (bicyclic) bond motifs is 1. The van der Waals surface area contributed by atoms with Gasteiger partial charge in [-0.3, -0.25) is 9.59 Å². The minimum absolute atomic E-state index is 0.0686. The summed E-state index contributed by atoms with van der Waals surface area (Å²) in [6.45, 7) is 0.671. The van der Waals surface area contributed by atoms with E-state index in [4.69, 9.17) is 0 Å². The van der Waals surface area contributed by atoms with Crippen LogP contribution in [0, 0.1) is 0 Å². The number of carbonyl (C=O) groups excluding carboxylic acids is 2. The van der Waals surface area contributed by atoms with Crippen molar-refractivity contribution in [2.75, 3.05) is 5.32 Å². The maximum atomic E-state index is 12.2. The molecule has 3 aromatic rings. The second-order valence-electron chi connectivity index (χ2n) is 6.21. The monoisotopic (exact) mass is 334 g/mol. The molecule has 25 heavy (non-hydrogen) atoms. The summed E-state index contributed by atoms with van der Waals surface area (Å²) in [6, 6.07) is 15.3. The number of aromatic nitrogens is 2. The Hall–Kier alpha value is -3.15. The first-order valence-electron chi connectivity index (χ1n) is 8.28. The molecule has 6 heteroatoms. The van der Waals surface area contributed by atoms with Gasteiger partial charge in [0, 0.05) is 18.7 Å². The summed E-state index contributed by atoms with van der Waals surface area (Å²) < 4.78 is 2.08. The number of para-hydroxylation sites is 2. The van der Waals surface area contributed by atoms with E-state index in [-0.39, 0.29) is 11.8 Å². The molecular weight excluding hydrogens is 316 g/mol. The number of benzene rings is 2. The molecule has 0 radical (unpaired) electrons. The van der Waals surface area contributed by atoms with Crippen LogP contribution in [0.2, 0.25) is 0 Å². The normalized spacial score (nSPS) is 16.8. The molecule has 1 atom stereocenters. The van der Waals surface area contributed by atoms with Crippen molar-refractivity contribution in [1.82, 2.24) is 14.9 Å². The topological polar surface area (TPSA) is 76.0 Å². The fraction of sp³-hybridized carbons (Fsp3) is 0.211. The van der Waals surface area contributed by atoms with Crippen LogP contribution in [0.15, 0.2) is 54.9 Å². The average Bonchev–Trinajstić information content (AvgIpc) is 3.22. The SMILES string of the molecule is O=C1CC[C@H](C(=O)Nc2cccc(Cn3cnc4ccccc43)c2)N1. The molecule has 6 nitrogen and oxygen atoms in total. The van der Waals surface area contributed by atoms with Gasteiger partial charge in [-0.2, -0.15) is 0 Å². The molecule has 126 valence electrons. The first-order valence-corrected chi connectivity index (χ1v) is 8.28. The van der Waals surface area contributed by atoms with E-state index in [1.807, 2.05) is 54.9 Å². The summed E-state index contributed by atoms with van der Waals surface area (Å²) in [5.41, 5.74) is 3.83. The smallest absolute Gasteiger partial charge is 0.246 e. The summed E-state index contributed by atoms with van der Waals surface area (Å²) in [4.78, 5) is 27.9. The van der Waals surface area contributed by atoms with Gasteiger partial charge < -0.3 is 15.2 Å². The highest BCUT2D eigenvalue weighted by atomic mass is 16.2. The fourth-order valence-electron chi connectivity index (χ4n) is 3.12. The van der Waals surface area contributed by atoms with Crippen LogP contribution >= 0.6 is 0 Å². The van der Waals surface area contributed by atoms with Crippen molar-refractivity contribution in [3.8, 4) is 0 Å². The Morgan fingerprint density at radius 1 is 1.24 bits per heavy atom. The van der Waals surface area contributed by atoms with Crippen molar-refractivity contribution in [3.05, 3.63) is 60.4 Å². The second-order valence-corrected chi connectivity index (χ2v) is 6.21. The molecule has 1 aromatic heterocycles. The third kappa shape index (κ3) is 3.24. The van der Waals surface area contributed by atoms with E-state index < -0.39 is 6.04 Å². The molecule has 2 amide bonds. The third-order valence-electron chi connectivity index (χ3n) is 4.39. The number of anilines is 1. The quantitative estimate of drug-likeness (QED) is 0.769. The van der Waals surface area contributed by atoms with Crippen LogP contribution in [-0.2, 0) is 16.1 Å². The van der Waals surface area contributed by atoms with E-state index in [1.54, 1.807) is 0 Å². The van der Waals surface area contributed by atoms with E-state index in [1.165, 1.54) is 0 Å². The molecule has 0 unspecified atom stereocenters. The molecular formula is C19H18N4O2. The molecule has 2 N–H and O–H groups in total. The van der Waals surface area contributed by atoms with Crippen LogP contribution in [0.3, 0.4) is 0 Å². The predicted molar refractivity (Wildman–Crippen MR) is 95.1 cm³/mol. The molecule has 0 spiro atoms. The van der Waals surface area contributed by atoms with Gasteiger partial charge in [-0.15, -0.1) is 0 Å². The standard InChI is InChI=1S/C19H18N4O2/c24-18-9-8-16(22-18)19(25)21-14-5-3-4-13(10-14)11-23-12-20-15-6-1-2-7-17(15)23/h1-7,10,12,16H,8-9,11H2,(H,21,25)(H,22,24)/t16-/m1/s1. The van der Waals surface area contributed by atoms with Crippen molar-refractivity contribution in [2.24, 2.45) is 0 Å². The molecule has 1 saturated heterocycles. The highest BCUT2D eigenvalue weighted by Crippen LogP contribution is 2.17. The lowest BCUT2D eigenvalue weighted by atomic mass is 10.1. The van der Waals surface area contributed by atoms with Crippen LogP contribution in [0.5, 0.6) is 0 Å². The molecule has 4 rings (SSSR count). The van der Waals surface area contributed by atoms with E-state index in [0.29, 0.717) is 19.4 Å². The Labute approximate surface area is 144 Å². The lowest BCUT2D eigenvalue weighted by Gasteiger charge is -2.12. The van der Waals surface area contributed by atoms with Gasteiger partial charge in [-0.25, -0.2) is 4.98 Å². The number of amides is 2. The van der Waals surface area contributed by atoms with Gasteiger partial charge in [0.15, 0.2) is 0 Å². The zero-order chi connectivity index (χ0) is 17.2. The zero-order valence-electron chi connectivity index (χ0n) is 13.6. The summed E-state index contributed by atoms with van der Waals surface area (Å²) in [6.07, 6.45) is 2.78. The molecule has 2 heterocycles. The Morgan fingerprint density at radius 3 is 2.96 bits per heavy atom. The Kier molecular flexibility index (Phi) is 3.93. The number of nitrogens with one attached hydrogen (secondary N) is 2. The fourth-order valence-corrected chi connectivity index (χ4v) is 3.12. The van der Waals surface area contributed by atoms with Crippen molar-refractivity contribution < 1.29 is 9.59 Å². The number of carbonyl (C=O) groups is 2. The molecule has 0 saturated carbocycles. The Morgan fingerprint density at radius 2 is 2.12 bits per heavy atom. The van der Waals surface area contributed by atoms with Crippen molar-refractivity contribution in [3.63, 3.8) is 0 Å². The Balaban J connectivity index is 1.49. The number of imidazole rings is 1. The van der Waals surface area contributed by atoms with Gasteiger partial charge in [0.2, 0.25) is 11.8 Å². The first kappa shape index (κ1) is 15.4. The van der Waals surface area contributed by atoms with E-state index in [9.17, 15) is 9.59 Å². The molecule has 0 aliphatic carbocycles. The molecule has 1 fully saturated rings. The third-order valence-corrected chi connectivity index (χ3v) is 4.39. The van der Waals surface area contributed by atoms with Gasteiger partial charge in [0.05, 0.1) is 17.4 Å². The van der Waals surface area contributed by atoms with Crippen molar-refractivity contribution in [1.29, 1.82) is 0 Å². The van der Waals surface area contributed by atoms with Gasteiger partial charge in [-0.1, -0.05) is 24.3 Å². The minimum atomic E-state index is -0.436. The molecule has 1 aliphatic rings. The highest BCUT2D eigenvalue weighted by Gasteiger charge is 2.27. The van der Waals surface area contributed by atoms with Gasteiger partial charge >= 0.3 is 0 Å². The molecule has 0 bridgehead atoms. The van der Waals surface area contributed by atoms with E-state index in [2.05, 4.69) is 20.2 Å². The van der Waals surface area contributed by atoms with Crippen LogP contribution < -0.4 is 10.6 Å². The molecule has 2 aromatic carbocycles.